The van der Waals surface area contributed by atoms with Crippen LogP contribution in [0.2, 0.25) is 0 Å². The molecular weight excluding hydrogens is 241 g/mol. The van der Waals surface area contributed by atoms with Gasteiger partial charge in [0.2, 0.25) is 5.82 Å². The van der Waals surface area contributed by atoms with E-state index in [0.717, 1.165) is 0 Å². The second-order valence-corrected chi connectivity index (χ2v) is 3.08. The van der Waals surface area contributed by atoms with Crippen LogP contribution in [0.15, 0.2) is 6.07 Å². The van der Waals surface area contributed by atoms with Gasteiger partial charge in [0.1, 0.15) is 0 Å². The highest BCUT2D eigenvalue weighted by molar-refractivity contribution is 5.76. The van der Waals surface area contributed by atoms with Crippen molar-refractivity contribution in [1.82, 2.24) is 0 Å². The van der Waals surface area contributed by atoms with Gasteiger partial charge in [-0.25, -0.2) is 13.6 Å². The Balaban J connectivity index is 3.19. The number of rotatable bonds is 3. The maximum absolute atomic E-state index is 13.3. The van der Waals surface area contributed by atoms with E-state index >= 15 is 0 Å². The van der Waals surface area contributed by atoms with E-state index in [1.807, 2.05) is 0 Å². The molecule has 1 rings (SSSR count). The monoisotopic (exact) mass is 250 g/mol. The van der Waals surface area contributed by atoms with Crippen molar-refractivity contribution in [3.8, 4) is 5.75 Å². The van der Waals surface area contributed by atoms with Crippen molar-refractivity contribution in [2.45, 2.75) is 13.0 Å². The standard InChI is InChI=1S/C10H9F3O4/c1-2-17-10(16)8(14)4-3-5(11)7(13)9(15)6(4)12/h3,8,14-15H,2H2,1H3. The number of esters is 1. The Morgan fingerprint density at radius 3 is 2.53 bits per heavy atom. The van der Waals surface area contributed by atoms with Crippen LogP contribution in [0.4, 0.5) is 13.2 Å². The molecule has 94 valence electrons. The van der Waals surface area contributed by atoms with Gasteiger partial charge in [0.05, 0.1) is 6.61 Å². The quantitative estimate of drug-likeness (QED) is 0.628. The number of halogens is 3. The molecule has 0 saturated carbocycles. The summed E-state index contributed by atoms with van der Waals surface area (Å²) in [6, 6.07) is 0.284. The summed E-state index contributed by atoms with van der Waals surface area (Å²) in [7, 11) is 0. The summed E-state index contributed by atoms with van der Waals surface area (Å²) in [6.07, 6.45) is -2.13. The number of carbonyl (C=O) groups excluding carboxylic acids is 1. The highest BCUT2D eigenvalue weighted by atomic mass is 19.2. The number of phenols is 1. The number of aliphatic hydroxyl groups excluding tert-OH is 1. The summed E-state index contributed by atoms with van der Waals surface area (Å²) in [5.74, 6) is -7.80. The molecule has 0 fully saturated rings. The van der Waals surface area contributed by atoms with Gasteiger partial charge in [-0.05, 0) is 13.0 Å². The molecule has 0 heterocycles. The predicted octanol–water partition coefficient (Wildman–Crippen LogP) is 1.41. The lowest BCUT2D eigenvalue weighted by molar-refractivity contribution is -0.153. The van der Waals surface area contributed by atoms with Gasteiger partial charge in [-0.2, -0.15) is 4.39 Å². The lowest BCUT2D eigenvalue weighted by Crippen LogP contribution is -2.17. The molecule has 0 amide bonds. The van der Waals surface area contributed by atoms with Gasteiger partial charge in [0.25, 0.3) is 0 Å². The van der Waals surface area contributed by atoms with Crippen molar-refractivity contribution >= 4 is 5.97 Å². The lowest BCUT2D eigenvalue weighted by atomic mass is 10.1. The average molecular weight is 250 g/mol. The van der Waals surface area contributed by atoms with E-state index in [2.05, 4.69) is 4.74 Å². The van der Waals surface area contributed by atoms with Crippen LogP contribution in [0, 0.1) is 17.5 Å². The zero-order valence-corrected chi connectivity index (χ0v) is 8.71. The van der Waals surface area contributed by atoms with Crippen LogP contribution in [0.25, 0.3) is 0 Å². The van der Waals surface area contributed by atoms with Gasteiger partial charge >= 0.3 is 5.97 Å². The number of hydrogen-bond donors (Lipinski definition) is 2. The number of hydrogen-bond acceptors (Lipinski definition) is 4. The Hall–Kier alpha value is -1.76. The second kappa shape index (κ2) is 5.05. The third-order valence-electron chi connectivity index (χ3n) is 1.97. The van der Waals surface area contributed by atoms with Gasteiger partial charge in [-0.1, -0.05) is 0 Å². The summed E-state index contributed by atoms with van der Waals surface area (Å²) in [4.78, 5) is 11.1. The molecule has 1 atom stereocenters. The number of phenolic OH excluding ortho intramolecular Hbond substituents is 1. The maximum atomic E-state index is 13.3. The van der Waals surface area contributed by atoms with Crippen LogP contribution >= 0.6 is 0 Å². The van der Waals surface area contributed by atoms with Crippen LogP contribution in [-0.4, -0.2) is 22.8 Å². The van der Waals surface area contributed by atoms with Crippen molar-refractivity contribution in [2.75, 3.05) is 6.61 Å². The fourth-order valence-corrected chi connectivity index (χ4v) is 1.16. The summed E-state index contributed by atoms with van der Waals surface area (Å²) < 4.78 is 43.2. The van der Waals surface area contributed by atoms with Crippen LogP contribution in [0.5, 0.6) is 5.75 Å². The topological polar surface area (TPSA) is 66.8 Å². The van der Waals surface area contributed by atoms with Gasteiger partial charge in [0, 0.05) is 5.56 Å². The van der Waals surface area contributed by atoms with Crippen LogP contribution < -0.4 is 0 Å². The van der Waals surface area contributed by atoms with E-state index in [-0.39, 0.29) is 12.7 Å². The molecule has 0 saturated heterocycles. The van der Waals surface area contributed by atoms with Crippen molar-refractivity contribution in [3.63, 3.8) is 0 Å². The molecule has 17 heavy (non-hydrogen) atoms. The minimum Gasteiger partial charge on any atom is -0.503 e. The molecule has 0 bridgehead atoms. The number of aliphatic hydroxyl groups is 1. The van der Waals surface area contributed by atoms with E-state index in [4.69, 9.17) is 5.11 Å². The smallest absolute Gasteiger partial charge is 0.339 e. The zero-order chi connectivity index (χ0) is 13.2. The zero-order valence-electron chi connectivity index (χ0n) is 8.71. The molecule has 0 aliphatic rings. The summed E-state index contributed by atoms with van der Waals surface area (Å²) >= 11 is 0. The molecule has 2 N–H and O–H groups in total. The average Bonchev–Trinajstić information content (AvgIpc) is 2.30. The van der Waals surface area contributed by atoms with Crippen molar-refractivity contribution < 1.29 is 32.9 Å². The Morgan fingerprint density at radius 2 is 2.00 bits per heavy atom. The molecule has 1 unspecified atom stereocenters. The molecule has 4 nitrogen and oxygen atoms in total. The Morgan fingerprint density at radius 1 is 1.41 bits per heavy atom. The molecular formula is C10H9F3O4. The van der Waals surface area contributed by atoms with Crippen LogP contribution in [0.1, 0.15) is 18.6 Å². The predicted molar refractivity (Wildman–Crippen MR) is 49.6 cm³/mol. The molecule has 0 aromatic heterocycles. The van der Waals surface area contributed by atoms with Crippen molar-refractivity contribution in [2.24, 2.45) is 0 Å². The first kappa shape index (κ1) is 13.3. The largest absolute Gasteiger partial charge is 0.503 e. The van der Waals surface area contributed by atoms with E-state index in [1.54, 1.807) is 0 Å². The number of benzene rings is 1. The first-order valence-electron chi connectivity index (χ1n) is 4.61. The minimum atomic E-state index is -2.13. The Labute approximate surface area is 94.3 Å². The fraction of sp³-hybridized carbons (Fsp3) is 0.300. The van der Waals surface area contributed by atoms with Crippen molar-refractivity contribution in [3.05, 3.63) is 29.1 Å². The molecule has 0 radical (unpaired) electrons. The van der Waals surface area contributed by atoms with E-state index in [0.29, 0.717) is 0 Å². The van der Waals surface area contributed by atoms with E-state index < -0.39 is 40.8 Å². The third-order valence-corrected chi connectivity index (χ3v) is 1.97. The molecule has 1 aromatic carbocycles. The van der Waals surface area contributed by atoms with Gasteiger partial charge < -0.3 is 14.9 Å². The Bertz CT molecular complexity index is 448. The van der Waals surface area contributed by atoms with Gasteiger partial charge in [0.15, 0.2) is 23.5 Å². The maximum Gasteiger partial charge on any atom is 0.339 e. The van der Waals surface area contributed by atoms with Gasteiger partial charge in [-0.15, -0.1) is 0 Å². The molecule has 0 aliphatic carbocycles. The fourth-order valence-electron chi connectivity index (χ4n) is 1.16. The molecule has 7 heteroatoms. The van der Waals surface area contributed by atoms with Crippen LogP contribution in [0.3, 0.4) is 0 Å². The SMILES string of the molecule is CCOC(=O)C(O)c1cc(F)c(F)c(O)c1F. The van der Waals surface area contributed by atoms with Crippen molar-refractivity contribution in [1.29, 1.82) is 0 Å². The number of ether oxygens (including phenoxy) is 1. The summed E-state index contributed by atoms with van der Waals surface area (Å²) in [5, 5.41) is 18.2. The molecule has 0 aliphatic heterocycles. The minimum absolute atomic E-state index is 0.0762. The van der Waals surface area contributed by atoms with E-state index in [9.17, 15) is 23.1 Å². The highest BCUT2D eigenvalue weighted by Gasteiger charge is 2.27. The first-order valence-corrected chi connectivity index (χ1v) is 4.61. The van der Waals surface area contributed by atoms with Crippen LogP contribution in [-0.2, 0) is 9.53 Å². The number of carbonyl (C=O) groups is 1. The first-order chi connectivity index (χ1) is 7.90. The molecule has 0 spiro atoms. The van der Waals surface area contributed by atoms with E-state index in [1.165, 1.54) is 6.92 Å². The molecule has 1 aromatic rings. The number of aromatic hydroxyl groups is 1. The normalized spacial score (nSPS) is 12.3. The highest BCUT2D eigenvalue weighted by Crippen LogP contribution is 2.29. The van der Waals surface area contributed by atoms with Gasteiger partial charge in [-0.3, -0.25) is 0 Å². The Kier molecular flexibility index (Phi) is 3.95. The lowest BCUT2D eigenvalue weighted by Gasteiger charge is -2.12. The summed E-state index contributed by atoms with van der Waals surface area (Å²) in [6.45, 7) is 1.37. The summed E-state index contributed by atoms with van der Waals surface area (Å²) in [5.41, 5.74) is -0.889. The third kappa shape index (κ3) is 2.50. The second-order valence-electron chi connectivity index (χ2n) is 3.08.